The molecule has 2 aromatic rings. The second kappa shape index (κ2) is 8.63. The minimum absolute atomic E-state index is 0.0285. The summed E-state index contributed by atoms with van der Waals surface area (Å²) in [5, 5.41) is 2.93. The third-order valence-electron chi connectivity index (χ3n) is 3.52. The fourth-order valence-corrected chi connectivity index (χ4v) is 2.92. The largest absolute Gasteiger partial charge is 0.497 e. The van der Waals surface area contributed by atoms with Gasteiger partial charge in [-0.15, -0.1) is 11.8 Å². The van der Waals surface area contributed by atoms with Gasteiger partial charge in [0, 0.05) is 11.4 Å². The van der Waals surface area contributed by atoms with Crippen LogP contribution in [0.25, 0.3) is 0 Å². The van der Waals surface area contributed by atoms with Crippen molar-refractivity contribution in [3.8, 4) is 5.75 Å². The first kappa shape index (κ1) is 17.4. The monoisotopic (exact) mass is 329 g/mol. The van der Waals surface area contributed by atoms with E-state index in [0.29, 0.717) is 11.7 Å². The molecule has 0 aliphatic rings. The maximum Gasteiger partial charge on any atom is 0.234 e. The maximum absolute atomic E-state index is 12.0. The van der Waals surface area contributed by atoms with Gasteiger partial charge in [-0.2, -0.15) is 0 Å². The molecule has 0 radical (unpaired) electrons. The van der Waals surface area contributed by atoms with Crippen molar-refractivity contribution < 1.29 is 9.53 Å². The van der Waals surface area contributed by atoms with E-state index in [1.807, 2.05) is 36.4 Å². The third kappa shape index (κ3) is 5.64. The lowest BCUT2D eigenvalue weighted by atomic mass is 10.0. The fraction of sp³-hybridized carbons (Fsp3) is 0.316. The molecule has 1 N–H and O–H groups in total. The first-order valence-corrected chi connectivity index (χ1v) is 8.84. The first-order chi connectivity index (χ1) is 11.1. The van der Waals surface area contributed by atoms with E-state index in [-0.39, 0.29) is 5.91 Å². The molecule has 3 nitrogen and oxygen atoms in total. The normalized spacial score (nSPS) is 10.6. The van der Waals surface area contributed by atoms with Gasteiger partial charge in [0.15, 0.2) is 0 Å². The number of rotatable bonds is 7. The predicted octanol–water partition coefficient (Wildman–Crippen LogP) is 4.69. The lowest BCUT2D eigenvalue weighted by Gasteiger charge is -2.08. The average molecular weight is 329 g/mol. The zero-order valence-corrected chi connectivity index (χ0v) is 14.7. The molecule has 0 aliphatic heterocycles. The van der Waals surface area contributed by atoms with Gasteiger partial charge < -0.3 is 10.1 Å². The van der Waals surface area contributed by atoms with E-state index in [4.69, 9.17) is 4.74 Å². The Morgan fingerprint density at radius 2 is 1.74 bits per heavy atom. The lowest BCUT2D eigenvalue weighted by Crippen LogP contribution is -2.14. The zero-order chi connectivity index (χ0) is 16.7. The molecule has 0 saturated heterocycles. The number of methoxy groups -OCH3 is 1. The summed E-state index contributed by atoms with van der Waals surface area (Å²) in [6.07, 6.45) is 0. The van der Waals surface area contributed by atoms with E-state index in [1.165, 1.54) is 11.1 Å². The predicted molar refractivity (Wildman–Crippen MR) is 98.3 cm³/mol. The Balaban J connectivity index is 1.76. The molecule has 0 aromatic heterocycles. The smallest absolute Gasteiger partial charge is 0.234 e. The van der Waals surface area contributed by atoms with Crippen molar-refractivity contribution >= 4 is 23.4 Å². The minimum atomic E-state index is 0.0285. The van der Waals surface area contributed by atoms with E-state index in [1.54, 1.807) is 18.9 Å². The molecule has 0 bridgehead atoms. The summed E-state index contributed by atoms with van der Waals surface area (Å²) in [7, 11) is 1.65. The molecule has 0 fully saturated rings. The Kier molecular flexibility index (Phi) is 6.53. The fourth-order valence-electron chi connectivity index (χ4n) is 2.13. The SMILES string of the molecule is COc1ccc(CSCC(=O)Nc2ccc(C(C)C)cc2)cc1. The standard InChI is InChI=1S/C19H23NO2S/c1-14(2)16-6-8-17(9-7-16)20-19(21)13-23-12-15-4-10-18(22-3)11-5-15/h4-11,14H,12-13H2,1-3H3,(H,20,21). The van der Waals surface area contributed by atoms with Gasteiger partial charge in [-0.25, -0.2) is 0 Å². The summed E-state index contributed by atoms with van der Waals surface area (Å²) < 4.78 is 5.13. The highest BCUT2D eigenvalue weighted by molar-refractivity contribution is 7.99. The third-order valence-corrected chi connectivity index (χ3v) is 4.53. The first-order valence-electron chi connectivity index (χ1n) is 7.69. The molecule has 122 valence electrons. The molecule has 0 saturated carbocycles. The van der Waals surface area contributed by atoms with Crippen LogP contribution in [0.4, 0.5) is 5.69 Å². The van der Waals surface area contributed by atoms with E-state index in [0.717, 1.165) is 17.2 Å². The van der Waals surface area contributed by atoms with Gasteiger partial charge in [0.25, 0.3) is 0 Å². The van der Waals surface area contributed by atoms with Crippen molar-refractivity contribution in [1.29, 1.82) is 0 Å². The van der Waals surface area contributed by atoms with Crippen LogP contribution < -0.4 is 10.1 Å². The van der Waals surface area contributed by atoms with E-state index in [2.05, 4.69) is 31.3 Å². The van der Waals surface area contributed by atoms with Crippen molar-refractivity contribution in [2.24, 2.45) is 0 Å². The molecule has 2 aromatic carbocycles. The summed E-state index contributed by atoms with van der Waals surface area (Å²) in [5.74, 6) is 2.63. The summed E-state index contributed by atoms with van der Waals surface area (Å²) in [4.78, 5) is 12.0. The molecule has 0 spiro atoms. The topological polar surface area (TPSA) is 38.3 Å². The highest BCUT2D eigenvalue weighted by Gasteiger charge is 2.04. The molecule has 23 heavy (non-hydrogen) atoms. The van der Waals surface area contributed by atoms with Crippen molar-refractivity contribution in [3.05, 3.63) is 59.7 Å². The van der Waals surface area contributed by atoms with Crippen LogP contribution in [0.1, 0.15) is 30.9 Å². The number of thioether (sulfide) groups is 1. The van der Waals surface area contributed by atoms with E-state index < -0.39 is 0 Å². The second-order valence-electron chi connectivity index (χ2n) is 5.67. The number of hydrogen-bond acceptors (Lipinski definition) is 3. The van der Waals surface area contributed by atoms with Gasteiger partial charge in [-0.05, 0) is 41.3 Å². The number of anilines is 1. The van der Waals surface area contributed by atoms with Gasteiger partial charge in [0.1, 0.15) is 5.75 Å². The van der Waals surface area contributed by atoms with Crippen LogP contribution in [0.3, 0.4) is 0 Å². The van der Waals surface area contributed by atoms with Crippen molar-refractivity contribution in [2.75, 3.05) is 18.2 Å². The Hall–Kier alpha value is -1.94. The average Bonchev–Trinajstić information content (AvgIpc) is 2.56. The van der Waals surface area contributed by atoms with E-state index in [9.17, 15) is 4.79 Å². The number of carbonyl (C=O) groups is 1. The van der Waals surface area contributed by atoms with Crippen LogP contribution in [-0.2, 0) is 10.5 Å². The van der Waals surface area contributed by atoms with Crippen molar-refractivity contribution in [3.63, 3.8) is 0 Å². The van der Waals surface area contributed by atoms with Gasteiger partial charge in [-0.3, -0.25) is 4.79 Å². The second-order valence-corrected chi connectivity index (χ2v) is 6.65. The molecule has 2 rings (SSSR count). The molecule has 1 amide bonds. The summed E-state index contributed by atoms with van der Waals surface area (Å²) in [5.41, 5.74) is 3.31. The van der Waals surface area contributed by atoms with Crippen LogP contribution in [0.15, 0.2) is 48.5 Å². The molecular formula is C19H23NO2S. The van der Waals surface area contributed by atoms with Gasteiger partial charge in [0.05, 0.1) is 12.9 Å². The number of carbonyl (C=O) groups excluding carboxylic acids is 1. The number of amides is 1. The number of hydrogen-bond donors (Lipinski definition) is 1. The number of ether oxygens (including phenoxy) is 1. The summed E-state index contributed by atoms with van der Waals surface area (Å²) in [6.45, 7) is 4.31. The summed E-state index contributed by atoms with van der Waals surface area (Å²) >= 11 is 1.60. The lowest BCUT2D eigenvalue weighted by molar-refractivity contribution is -0.113. The molecule has 0 atom stereocenters. The van der Waals surface area contributed by atoms with Crippen LogP contribution in [0, 0.1) is 0 Å². The van der Waals surface area contributed by atoms with Crippen LogP contribution >= 0.6 is 11.8 Å². The number of nitrogens with one attached hydrogen (secondary N) is 1. The Labute approximate surface area is 142 Å². The molecule has 0 aliphatic carbocycles. The maximum atomic E-state index is 12.0. The number of benzene rings is 2. The zero-order valence-electron chi connectivity index (χ0n) is 13.8. The quantitative estimate of drug-likeness (QED) is 0.801. The highest BCUT2D eigenvalue weighted by Crippen LogP contribution is 2.19. The van der Waals surface area contributed by atoms with Gasteiger partial charge in [-0.1, -0.05) is 38.1 Å². The molecule has 4 heteroatoms. The van der Waals surface area contributed by atoms with Gasteiger partial charge >= 0.3 is 0 Å². The Morgan fingerprint density at radius 3 is 2.30 bits per heavy atom. The molecule has 0 heterocycles. The Morgan fingerprint density at radius 1 is 1.09 bits per heavy atom. The molecular weight excluding hydrogens is 306 g/mol. The van der Waals surface area contributed by atoms with Crippen molar-refractivity contribution in [2.45, 2.75) is 25.5 Å². The molecule has 0 unspecified atom stereocenters. The van der Waals surface area contributed by atoms with Crippen molar-refractivity contribution in [1.82, 2.24) is 0 Å². The van der Waals surface area contributed by atoms with Gasteiger partial charge in [0.2, 0.25) is 5.91 Å². The Bertz CT molecular complexity index is 621. The van der Waals surface area contributed by atoms with Crippen LogP contribution in [0.2, 0.25) is 0 Å². The summed E-state index contributed by atoms with van der Waals surface area (Å²) in [6, 6.07) is 16.0. The highest BCUT2D eigenvalue weighted by atomic mass is 32.2. The van der Waals surface area contributed by atoms with Crippen LogP contribution in [-0.4, -0.2) is 18.8 Å². The minimum Gasteiger partial charge on any atom is -0.497 e. The van der Waals surface area contributed by atoms with Crippen LogP contribution in [0.5, 0.6) is 5.75 Å². The van der Waals surface area contributed by atoms with E-state index >= 15 is 0 Å².